The smallest absolute Gasteiger partial charge is 0.323 e. The van der Waals surface area contributed by atoms with E-state index in [2.05, 4.69) is 39.5 Å². The quantitative estimate of drug-likeness (QED) is 0.560. The second-order valence-electron chi connectivity index (χ2n) is 5.93. The summed E-state index contributed by atoms with van der Waals surface area (Å²) in [6, 6.07) is 0.680. The molecule has 0 unspecified atom stereocenters. The number of hydrogen-bond acceptors (Lipinski definition) is 7. The van der Waals surface area contributed by atoms with Crippen LogP contribution in [-0.4, -0.2) is 27.6 Å². The summed E-state index contributed by atoms with van der Waals surface area (Å²) in [6.45, 7) is 7.02. The Kier molecular flexibility index (Phi) is 4.59. The fraction of sp³-hybridized carbons (Fsp3) is 0.769. The highest BCUT2D eigenvalue weighted by Gasteiger charge is 2.27. The molecule has 0 aliphatic heterocycles. The van der Waals surface area contributed by atoms with Crippen LogP contribution in [0.3, 0.4) is 0 Å². The van der Waals surface area contributed by atoms with Crippen LogP contribution in [0.5, 0.6) is 6.01 Å². The zero-order chi connectivity index (χ0) is 14.6. The molecule has 1 fully saturated rings. The minimum absolute atomic E-state index is 0.286. The van der Waals surface area contributed by atoms with Crippen LogP contribution in [0.4, 0.5) is 11.9 Å². The van der Waals surface area contributed by atoms with Crippen LogP contribution in [-0.2, 0) is 0 Å². The van der Waals surface area contributed by atoms with Gasteiger partial charge in [0.05, 0.1) is 6.61 Å². The third-order valence-corrected chi connectivity index (χ3v) is 3.69. The first-order valence-electron chi connectivity index (χ1n) is 7.14. The van der Waals surface area contributed by atoms with Gasteiger partial charge >= 0.3 is 6.01 Å². The highest BCUT2D eigenvalue weighted by molar-refractivity contribution is 5.35. The van der Waals surface area contributed by atoms with Crippen LogP contribution in [0.2, 0.25) is 0 Å². The minimum Gasteiger partial charge on any atom is -0.464 e. The number of hydrazine groups is 1. The van der Waals surface area contributed by atoms with E-state index >= 15 is 0 Å². The molecule has 0 radical (unpaired) electrons. The molecule has 0 bridgehead atoms. The lowest BCUT2D eigenvalue weighted by atomic mass is 9.76. The second-order valence-corrected chi connectivity index (χ2v) is 5.93. The lowest BCUT2D eigenvalue weighted by Crippen LogP contribution is -2.30. The van der Waals surface area contributed by atoms with Crippen LogP contribution < -0.4 is 21.3 Å². The molecule has 7 nitrogen and oxygen atoms in total. The summed E-state index contributed by atoms with van der Waals surface area (Å²) >= 11 is 0. The van der Waals surface area contributed by atoms with Gasteiger partial charge in [0.1, 0.15) is 0 Å². The number of nitrogen functional groups attached to an aromatic ring is 1. The van der Waals surface area contributed by atoms with Gasteiger partial charge in [0.2, 0.25) is 11.9 Å². The predicted octanol–water partition coefficient (Wildman–Crippen LogP) is 1.94. The first-order chi connectivity index (χ1) is 9.52. The Labute approximate surface area is 119 Å². The summed E-state index contributed by atoms with van der Waals surface area (Å²) in [5, 5.41) is 3.35. The monoisotopic (exact) mass is 280 g/mol. The third kappa shape index (κ3) is 3.93. The highest BCUT2D eigenvalue weighted by Crippen LogP contribution is 2.35. The lowest BCUT2D eigenvalue weighted by molar-refractivity contribution is 0.232. The van der Waals surface area contributed by atoms with E-state index in [1.165, 1.54) is 12.8 Å². The molecule has 1 heterocycles. The standard InChI is InChI=1S/C13H24N6O/c1-4-20-12-17-10(16-11(18-12)19-14)15-9-5-7-13(2,3)8-6-9/h9H,4-8,14H2,1-3H3,(H2,15,16,17,18,19). The predicted molar refractivity (Wildman–Crippen MR) is 78.5 cm³/mol. The Morgan fingerprint density at radius 1 is 1.20 bits per heavy atom. The molecule has 1 aliphatic rings. The number of anilines is 2. The van der Waals surface area contributed by atoms with Crippen molar-refractivity contribution >= 4 is 11.9 Å². The number of nitrogens with zero attached hydrogens (tertiary/aromatic N) is 3. The summed E-state index contributed by atoms with van der Waals surface area (Å²) < 4.78 is 5.31. The van der Waals surface area contributed by atoms with Crippen LogP contribution in [0.15, 0.2) is 0 Å². The van der Waals surface area contributed by atoms with Gasteiger partial charge < -0.3 is 10.1 Å². The van der Waals surface area contributed by atoms with Crippen LogP contribution in [0.1, 0.15) is 46.5 Å². The number of ether oxygens (including phenoxy) is 1. The van der Waals surface area contributed by atoms with E-state index in [-0.39, 0.29) is 6.01 Å². The number of hydrogen-bond donors (Lipinski definition) is 3. The van der Waals surface area contributed by atoms with E-state index in [0.29, 0.717) is 30.0 Å². The van der Waals surface area contributed by atoms with Crippen LogP contribution in [0.25, 0.3) is 0 Å². The molecule has 0 aromatic carbocycles. The van der Waals surface area contributed by atoms with Gasteiger partial charge in [0.15, 0.2) is 0 Å². The second kappa shape index (κ2) is 6.21. The normalized spacial score (nSPS) is 18.6. The SMILES string of the molecule is CCOc1nc(NN)nc(NC2CCC(C)(C)CC2)n1. The van der Waals surface area contributed by atoms with Gasteiger partial charge in [-0.2, -0.15) is 15.0 Å². The van der Waals surface area contributed by atoms with Crippen molar-refractivity contribution in [2.75, 3.05) is 17.3 Å². The fourth-order valence-electron chi connectivity index (χ4n) is 2.41. The van der Waals surface area contributed by atoms with Crippen LogP contribution >= 0.6 is 0 Å². The first-order valence-corrected chi connectivity index (χ1v) is 7.14. The molecule has 0 atom stereocenters. The van der Waals surface area contributed by atoms with Gasteiger partial charge in [-0.25, -0.2) is 5.84 Å². The topological polar surface area (TPSA) is 98.0 Å². The summed E-state index contributed by atoms with van der Waals surface area (Å²) in [5.41, 5.74) is 2.88. The van der Waals surface area contributed by atoms with Crippen molar-refractivity contribution in [1.82, 2.24) is 15.0 Å². The van der Waals surface area contributed by atoms with Gasteiger partial charge in [-0.3, -0.25) is 5.43 Å². The Morgan fingerprint density at radius 3 is 2.45 bits per heavy atom. The molecule has 1 saturated carbocycles. The molecule has 20 heavy (non-hydrogen) atoms. The maximum atomic E-state index is 5.37. The molecule has 112 valence electrons. The summed E-state index contributed by atoms with van der Waals surface area (Å²) in [4.78, 5) is 12.5. The molecular formula is C13H24N6O. The number of aromatic nitrogens is 3. The first kappa shape index (κ1) is 14.8. The minimum atomic E-state index is 0.286. The molecular weight excluding hydrogens is 256 g/mol. The molecule has 0 spiro atoms. The van der Waals surface area contributed by atoms with Crippen molar-refractivity contribution in [2.24, 2.45) is 11.3 Å². The van der Waals surface area contributed by atoms with E-state index in [9.17, 15) is 0 Å². The molecule has 7 heteroatoms. The molecule has 0 saturated heterocycles. The van der Waals surface area contributed by atoms with Gasteiger partial charge in [-0.05, 0) is 38.0 Å². The van der Waals surface area contributed by atoms with Gasteiger partial charge in [0.25, 0.3) is 0 Å². The van der Waals surface area contributed by atoms with Crippen molar-refractivity contribution in [3.05, 3.63) is 0 Å². The zero-order valence-electron chi connectivity index (χ0n) is 12.4. The number of nitrogens with two attached hydrogens (primary N) is 1. The Hall–Kier alpha value is -1.63. The van der Waals surface area contributed by atoms with Crippen molar-refractivity contribution < 1.29 is 4.74 Å². The average Bonchev–Trinajstić information content (AvgIpc) is 2.41. The van der Waals surface area contributed by atoms with Crippen molar-refractivity contribution in [2.45, 2.75) is 52.5 Å². The Morgan fingerprint density at radius 2 is 1.85 bits per heavy atom. The van der Waals surface area contributed by atoms with E-state index in [4.69, 9.17) is 10.6 Å². The van der Waals surface area contributed by atoms with Gasteiger partial charge in [-0.15, -0.1) is 0 Å². The number of rotatable bonds is 5. The Balaban J connectivity index is 2.03. The summed E-state index contributed by atoms with van der Waals surface area (Å²) in [7, 11) is 0. The Bertz CT molecular complexity index is 440. The van der Waals surface area contributed by atoms with E-state index in [1.807, 2.05) is 6.92 Å². The fourth-order valence-corrected chi connectivity index (χ4v) is 2.41. The third-order valence-electron chi connectivity index (χ3n) is 3.69. The largest absolute Gasteiger partial charge is 0.464 e. The van der Waals surface area contributed by atoms with Crippen molar-refractivity contribution in [3.63, 3.8) is 0 Å². The molecule has 1 aromatic rings. The molecule has 1 aromatic heterocycles. The summed E-state index contributed by atoms with van der Waals surface area (Å²) in [6.07, 6.45) is 4.65. The van der Waals surface area contributed by atoms with Crippen molar-refractivity contribution in [3.8, 4) is 6.01 Å². The maximum absolute atomic E-state index is 5.37. The zero-order valence-corrected chi connectivity index (χ0v) is 12.4. The van der Waals surface area contributed by atoms with Crippen LogP contribution in [0, 0.1) is 5.41 Å². The number of nitrogens with one attached hydrogen (secondary N) is 2. The van der Waals surface area contributed by atoms with E-state index < -0.39 is 0 Å². The van der Waals surface area contributed by atoms with E-state index in [0.717, 1.165) is 12.8 Å². The highest BCUT2D eigenvalue weighted by atomic mass is 16.5. The lowest BCUT2D eigenvalue weighted by Gasteiger charge is -2.34. The van der Waals surface area contributed by atoms with Gasteiger partial charge in [-0.1, -0.05) is 13.8 Å². The maximum Gasteiger partial charge on any atom is 0.323 e. The van der Waals surface area contributed by atoms with Crippen molar-refractivity contribution in [1.29, 1.82) is 0 Å². The molecule has 4 N–H and O–H groups in total. The van der Waals surface area contributed by atoms with Gasteiger partial charge in [0, 0.05) is 6.04 Å². The average molecular weight is 280 g/mol. The molecule has 1 aliphatic carbocycles. The molecule has 0 amide bonds. The molecule has 2 rings (SSSR count). The summed E-state index contributed by atoms with van der Waals surface area (Å²) in [5.74, 6) is 6.19. The van der Waals surface area contributed by atoms with E-state index in [1.54, 1.807) is 0 Å².